The first-order chi connectivity index (χ1) is 5.61. The maximum absolute atomic E-state index is 5.90. The lowest BCUT2D eigenvalue weighted by Gasteiger charge is -2.30. The van der Waals surface area contributed by atoms with E-state index in [9.17, 15) is 0 Å². The summed E-state index contributed by atoms with van der Waals surface area (Å²) in [7, 11) is 0. The van der Waals surface area contributed by atoms with Gasteiger partial charge in [0.1, 0.15) is 0 Å². The SMILES string of the molecule is CCC(CC)OC(C)(CCl)CI. The molecule has 1 nitrogen and oxygen atoms in total. The molecule has 0 aromatic rings. The summed E-state index contributed by atoms with van der Waals surface area (Å²) in [5, 5.41) is 0. The monoisotopic (exact) mass is 304 g/mol. The van der Waals surface area contributed by atoms with Crippen molar-refractivity contribution in [1.82, 2.24) is 0 Å². The van der Waals surface area contributed by atoms with Crippen molar-refractivity contribution in [3.05, 3.63) is 0 Å². The van der Waals surface area contributed by atoms with Gasteiger partial charge in [-0.15, -0.1) is 11.6 Å². The van der Waals surface area contributed by atoms with E-state index in [0.29, 0.717) is 12.0 Å². The molecular weight excluding hydrogens is 286 g/mol. The van der Waals surface area contributed by atoms with Gasteiger partial charge in [-0.2, -0.15) is 0 Å². The lowest BCUT2D eigenvalue weighted by molar-refractivity contribution is -0.0550. The Kier molecular flexibility index (Phi) is 6.96. The smallest absolute Gasteiger partial charge is 0.0881 e. The van der Waals surface area contributed by atoms with E-state index in [1.807, 2.05) is 0 Å². The standard InChI is InChI=1S/C9H18ClIO/c1-4-8(5-2)12-9(3,6-10)7-11/h8H,4-7H2,1-3H3. The Balaban J connectivity index is 3.99. The molecule has 1 unspecified atom stereocenters. The van der Waals surface area contributed by atoms with Gasteiger partial charge < -0.3 is 4.74 Å². The lowest BCUT2D eigenvalue weighted by atomic mass is 10.1. The Morgan fingerprint density at radius 1 is 1.42 bits per heavy atom. The number of ether oxygens (including phenoxy) is 1. The molecule has 3 heteroatoms. The fourth-order valence-corrected chi connectivity index (χ4v) is 1.88. The average Bonchev–Trinajstić information content (AvgIpc) is 2.14. The molecule has 0 aliphatic carbocycles. The molecular formula is C9H18ClIO. The summed E-state index contributed by atoms with van der Waals surface area (Å²) in [6.07, 6.45) is 2.50. The van der Waals surface area contributed by atoms with Gasteiger partial charge in [0.15, 0.2) is 0 Å². The Morgan fingerprint density at radius 2 is 1.92 bits per heavy atom. The molecule has 0 N–H and O–H groups in total. The molecule has 0 saturated carbocycles. The van der Waals surface area contributed by atoms with Gasteiger partial charge in [-0.3, -0.25) is 0 Å². The van der Waals surface area contributed by atoms with Crippen LogP contribution in [0.3, 0.4) is 0 Å². The van der Waals surface area contributed by atoms with Crippen LogP contribution in [0.15, 0.2) is 0 Å². The van der Waals surface area contributed by atoms with E-state index in [-0.39, 0.29) is 5.60 Å². The minimum atomic E-state index is -0.140. The van der Waals surface area contributed by atoms with E-state index in [2.05, 4.69) is 43.4 Å². The number of hydrogen-bond acceptors (Lipinski definition) is 1. The second kappa shape index (κ2) is 6.44. The van der Waals surface area contributed by atoms with Crippen molar-refractivity contribution >= 4 is 34.2 Å². The minimum Gasteiger partial charge on any atom is -0.370 e. The van der Waals surface area contributed by atoms with E-state index < -0.39 is 0 Å². The molecule has 0 amide bonds. The van der Waals surface area contributed by atoms with Crippen LogP contribution in [0.25, 0.3) is 0 Å². The summed E-state index contributed by atoms with van der Waals surface area (Å²) in [5.41, 5.74) is -0.140. The van der Waals surface area contributed by atoms with Crippen LogP contribution in [0.4, 0.5) is 0 Å². The lowest BCUT2D eigenvalue weighted by Crippen LogP contribution is -2.36. The molecule has 0 aliphatic rings. The highest BCUT2D eigenvalue weighted by Gasteiger charge is 2.25. The summed E-state index contributed by atoms with van der Waals surface area (Å²) < 4.78 is 6.84. The van der Waals surface area contributed by atoms with Crippen LogP contribution in [0.5, 0.6) is 0 Å². The summed E-state index contributed by atoms with van der Waals surface area (Å²) in [4.78, 5) is 0. The first-order valence-corrected chi connectivity index (χ1v) is 6.47. The molecule has 0 heterocycles. The van der Waals surface area contributed by atoms with Crippen molar-refractivity contribution in [2.45, 2.75) is 45.3 Å². The van der Waals surface area contributed by atoms with Crippen LogP contribution in [0, 0.1) is 0 Å². The highest BCUT2D eigenvalue weighted by atomic mass is 127. The molecule has 0 aromatic heterocycles. The molecule has 0 rings (SSSR count). The number of halogens is 2. The van der Waals surface area contributed by atoms with Crippen molar-refractivity contribution in [1.29, 1.82) is 0 Å². The number of hydrogen-bond donors (Lipinski definition) is 0. The molecule has 0 bridgehead atoms. The largest absolute Gasteiger partial charge is 0.370 e. The first-order valence-electron chi connectivity index (χ1n) is 4.41. The molecule has 0 aromatic carbocycles. The second-order valence-electron chi connectivity index (χ2n) is 3.27. The molecule has 74 valence electrons. The quantitative estimate of drug-likeness (QED) is 0.538. The van der Waals surface area contributed by atoms with Crippen molar-refractivity contribution in [3.63, 3.8) is 0 Å². The normalized spacial score (nSPS) is 16.5. The average molecular weight is 305 g/mol. The predicted molar refractivity (Wildman–Crippen MR) is 63.5 cm³/mol. The zero-order valence-electron chi connectivity index (χ0n) is 8.07. The summed E-state index contributed by atoms with van der Waals surface area (Å²) in [5.74, 6) is 0.576. The fraction of sp³-hybridized carbons (Fsp3) is 1.00. The first kappa shape index (κ1) is 13.0. The van der Waals surface area contributed by atoms with Crippen molar-refractivity contribution in [3.8, 4) is 0 Å². The van der Waals surface area contributed by atoms with Crippen LogP contribution >= 0.6 is 34.2 Å². The molecule has 1 atom stereocenters. The minimum absolute atomic E-state index is 0.140. The topological polar surface area (TPSA) is 9.23 Å². The van der Waals surface area contributed by atoms with Gasteiger partial charge in [0, 0.05) is 4.43 Å². The van der Waals surface area contributed by atoms with Crippen molar-refractivity contribution < 1.29 is 4.74 Å². The van der Waals surface area contributed by atoms with Crippen molar-refractivity contribution in [2.24, 2.45) is 0 Å². The maximum Gasteiger partial charge on any atom is 0.0881 e. The summed E-state index contributed by atoms with van der Waals surface area (Å²) in [6, 6.07) is 0. The highest BCUT2D eigenvalue weighted by molar-refractivity contribution is 14.1. The number of alkyl halides is 2. The van der Waals surface area contributed by atoms with Crippen molar-refractivity contribution in [2.75, 3.05) is 10.3 Å². The van der Waals surface area contributed by atoms with Gasteiger partial charge in [0.05, 0.1) is 17.6 Å². The van der Waals surface area contributed by atoms with Gasteiger partial charge in [-0.25, -0.2) is 0 Å². The Hall–Kier alpha value is 0.980. The van der Waals surface area contributed by atoms with E-state index in [1.54, 1.807) is 0 Å². The third kappa shape index (κ3) is 4.28. The van der Waals surface area contributed by atoms with E-state index in [1.165, 1.54) is 0 Å². The summed E-state index contributed by atoms with van der Waals surface area (Å²) in [6.45, 7) is 6.37. The molecule has 0 spiro atoms. The van der Waals surface area contributed by atoms with Crippen LogP contribution in [0.2, 0.25) is 0 Å². The van der Waals surface area contributed by atoms with E-state index in [0.717, 1.165) is 17.3 Å². The maximum atomic E-state index is 5.90. The van der Waals surface area contributed by atoms with Crippen LogP contribution in [-0.2, 0) is 4.74 Å². The fourth-order valence-electron chi connectivity index (χ4n) is 0.956. The third-order valence-corrected chi connectivity index (χ3v) is 4.11. The molecule has 0 fully saturated rings. The summed E-state index contributed by atoms with van der Waals surface area (Å²) >= 11 is 8.16. The Labute approximate surface area is 94.3 Å². The van der Waals surface area contributed by atoms with Crippen LogP contribution < -0.4 is 0 Å². The van der Waals surface area contributed by atoms with E-state index in [4.69, 9.17) is 16.3 Å². The van der Waals surface area contributed by atoms with Crippen LogP contribution in [-0.4, -0.2) is 22.0 Å². The van der Waals surface area contributed by atoms with Gasteiger partial charge in [0.2, 0.25) is 0 Å². The highest BCUT2D eigenvalue weighted by Crippen LogP contribution is 2.20. The third-order valence-electron chi connectivity index (χ3n) is 1.93. The second-order valence-corrected chi connectivity index (χ2v) is 4.30. The molecule has 0 radical (unpaired) electrons. The zero-order chi connectivity index (χ0) is 9.61. The van der Waals surface area contributed by atoms with Gasteiger partial charge in [-0.1, -0.05) is 36.4 Å². The van der Waals surface area contributed by atoms with E-state index >= 15 is 0 Å². The number of rotatable bonds is 6. The van der Waals surface area contributed by atoms with Gasteiger partial charge in [0.25, 0.3) is 0 Å². The van der Waals surface area contributed by atoms with Crippen LogP contribution in [0.1, 0.15) is 33.6 Å². The van der Waals surface area contributed by atoms with Gasteiger partial charge >= 0.3 is 0 Å². The van der Waals surface area contributed by atoms with Gasteiger partial charge in [-0.05, 0) is 19.8 Å². The predicted octanol–water partition coefficient (Wildman–Crippen LogP) is 3.62. The molecule has 12 heavy (non-hydrogen) atoms. The Bertz CT molecular complexity index is 111. The molecule has 0 aliphatic heterocycles. The zero-order valence-corrected chi connectivity index (χ0v) is 11.0. The molecule has 0 saturated heterocycles. The Morgan fingerprint density at radius 3 is 2.17 bits per heavy atom.